The van der Waals surface area contributed by atoms with Crippen molar-refractivity contribution in [3.8, 4) is 11.8 Å². The first-order valence-electron chi connectivity index (χ1n) is 7.89. The van der Waals surface area contributed by atoms with Crippen molar-refractivity contribution in [2.24, 2.45) is 0 Å². The first-order chi connectivity index (χ1) is 9.85. The van der Waals surface area contributed by atoms with E-state index in [2.05, 4.69) is 49.8 Å². The molecule has 0 fully saturated rings. The summed E-state index contributed by atoms with van der Waals surface area (Å²) >= 11 is 0. The van der Waals surface area contributed by atoms with E-state index in [1.54, 1.807) is 6.92 Å². The van der Waals surface area contributed by atoms with E-state index in [0.717, 1.165) is 24.9 Å². The van der Waals surface area contributed by atoms with Crippen LogP contribution in [0.3, 0.4) is 0 Å². The Kier molecular flexibility index (Phi) is 6.95. The quantitative estimate of drug-likeness (QED) is 0.810. The van der Waals surface area contributed by atoms with Gasteiger partial charge in [0, 0.05) is 11.6 Å². The second-order valence-electron chi connectivity index (χ2n) is 6.21. The van der Waals surface area contributed by atoms with E-state index in [1.165, 1.54) is 5.56 Å². The third-order valence-electron chi connectivity index (χ3n) is 4.01. The molecular weight excluding hydrogens is 258 g/mol. The molecule has 2 heteroatoms. The molecule has 0 heterocycles. The molecule has 1 rings (SSSR count). The number of hydrogen-bond donors (Lipinski definition) is 1. The molecule has 2 nitrogen and oxygen atoms in total. The van der Waals surface area contributed by atoms with Crippen molar-refractivity contribution >= 4 is 0 Å². The standard InChI is InChI=1S/C19H29NO/c1-6-19(4,21)14-13-18-11-8-7-10-17(18)12-9-15-20(5)16(2)3/h7-8,10-11,16,21H,6,9,12,15H2,1-5H3. The zero-order valence-corrected chi connectivity index (χ0v) is 14.1. The molecule has 0 aliphatic heterocycles. The molecule has 1 unspecified atom stereocenters. The third-order valence-corrected chi connectivity index (χ3v) is 4.01. The van der Waals surface area contributed by atoms with Crippen LogP contribution in [0.25, 0.3) is 0 Å². The summed E-state index contributed by atoms with van der Waals surface area (Å²) in [4.78, 5) is 2.36. The van der Waals surface area contributed by atoms with Crippen LogP contribution in [0.2, 0.25) is 0 Å². The topological polar surface area (TPSA) is 23.5 Å². The van der Waals surface area contributed by atoms with Gasteiger partial charge in [-0.25, -0.2) is 0 Å². The van der Waals surface area contributed by atoms with E-state index in [9.17, 15) is 5.11 Å². The minimum absolute atomic E-state index is 0.583. The lowest BCUT2D eigenvalue weighted by molar-refractivity contribution is 0.118. The molecule has 0 bridgehead atoms. The van der Waals surface area contributed by atoms with Crippen LogP contribution in [0.4, 0.5) is 0 Å². The Morgan fingerprint density at radius 1 is 1.29 bits per heavy atom. The smallest absolute Gasteiger partial charge is 0.122 e. The molecule has 1 atom stereocenters. The highest BCUT2D eigenvalue weighted by atomic mass is 16.3. The molecule has 1 aromatic carbocycles. The Hall–Kier alpha value is -1.30. The van der Waals surface area contributed by atoms with Gasteiger partial charge in [0.05, 0.1) is 0 Å². The fraction of sp³-hybridized carbons (Fsp3) is 0.579. The van der Waals surface area contributed by atoms with Crippen molar-refractivity contribution in [1.29, 1.82) is 0 Å². The molecule has 0 aliphatic rings. The van der Waals surface area contributed by atoms with Gasteiger partial charge in [0.2, 0.25) is 0 Å². The van der Waals surface area contributed by atoms with Crippen molar-refractivity contribution in [2.75, 3.05) is 13.6 Å². The Balaban J connectivity index is 2.72. The number of aryl methyl sites for hydroxylation is 1. The summed E-state index contributed by atoms with van der Waals surface area (Å²) in [7, 11) is 2.16. The van der Waals surface area contributed by atoms with Crippen molar-refractivity contribution in [1.82, 2.24) is 4.90 Å². The normalized spacial score (nSPS) is 13.9. The molecule has 0 aliphatic carbocycles. The van der Waals surface area contributed by atoms with Crippen LogP contribution in [0.5, 0.6) is 0 Å². The molecule has 0 aromatic heterocycles. The van der Waals surface area contributed by atoms with Crippen LogP contribution in [0.15, 0.2) is 24.3 Å². The first-order valence-corrected chi connectivity index (χ1v) is 7.89. The molecule has 21 heavy (non-hydrogen) atoms. The van der Waals surface area contributed by atoms with Crippen LogP contribution in [-0.4, -0.2) is 35.2 Å². The SMILES string of the molecule is CCC(C)(O)C#Cc1ccccc1CCCN(C)C(C)C. The predicted molar refractivity (Wildman–Crippen MR) is 90.3 cm³/mol. The summed E-state index contributed by atoms with van der Waals surface area (Å²) in [6.45, 7) is 9.23. The second kappa shape index (κ2) is 8.22. The fourth-order valence-electron chi connectivity index (χ4n) is 1.93. The average Bonchev–Trinajstić information content (AvgIpc) is 2.46. The molecule has 116 valence electrons. The second-order valence-corrected chi connectivity index (χ2v) is 6.21. The van der Waals surface area contributed by atoms with Gasteiger partial charge in [0.15, 0.2) is 0 Å². The van der Waals surface area contributed by atoms with Crippen LogP contribution >= 0.6 is 0 Å². The largest absolute Gasteiger partial charge is 0.378 e. The summed E-state index contributed by atoms with van der Waals surface area (Å²) < 4.78 is 0. The van der Waals surface area contributed by atoms with Gasteiger partial charge in [-0.1, -0.05) is 37.0 Å². The minimum atomic E-state index is -0.898. The molecule has 0 amide bonds. The summed E-state index contributed by atoms with van der Waals surface area (Å²) in [5.74, 6) is 6.13. The van der Waals surface area contributed by atoms with E-state index < -0.39 is 5.60 Å². The molecule has 1 aromatic rings. The van der Waals surface area contributed by atoms with Gasteiger partial charge < -0.3 is 10.0 Å². The molecule has 0 radical (unpaired) electrons. The average molecular weight is 287 g/mol. The van der Waals surface area contributed by atoms with Gasteiger partial charge in [-0.2, -0.15) is 0 Å². The summed E-state index contributed by atoms with van der Waals surface area (Å²) in [5.41, 5.74) is 1.41. The number of rotatable bonds is 6. The zero-order chi connectivity index (χ0) is 15.9. The summed E-state index contributed by atoms with van der Waals surface area (Å²) in [6.07, 6.45) is 2.79. The van der Waals surface area contributed by atoms with Crippen LogP contribution in [0, 0.1) is 11.8 Å². The zero-order valence-electron chi connectivity index (χ0n) is 14.1. The van der Waals surface area contributed by atoms with Gasteiger partial charge in [-0.05, 0) is 65.3 Å². The lowest BCUT2D eigenvalue weighted by Crippen LogP contribution is -2.27. The monoisotopic (exact) mass is 287 g/mol. The van der Waals surface area contributed by atoms with E-state index in [4.69, 9.17) is 0 Å². The maximum atomic E-state index is 10.0. The number of hydrogen-bond acceptors (Lipinski definition) is 2. The van der Waals surface area contributed by atoms with Crippen LogP contribution in [0.1, 0.15) is 51.7 Å². The van der Waals surface area contributed by atoms with E-state index in [1.807, 2.05) is 19.1 Å². The Morgan fingerprint density at radius 3 is 2.57 bits per heavy atom. The Bertz CT molecular complexity index is 494. The molecular formula is C19H29NO. The van der Waals surface area contributed by atoms with E-state index in [-0.39, 0.29) is 0 Å². The number of benzene rings is 1. The van der Waals surface area contributed by atoms with Gasteiger partial charge in [0.1, 0.15) is 5.60 Å². The first kappa shape index (κ1) is 17.8. The number of nitrogens with zero attached hydrogens (tertiary/aromatic N) is 1. The van der Waals surface area contributed by atoms with Crippen LogP contribution < -0.4 is 0 Å². The predicted octanol–water partition coefficient (Wildman–Crippen LogP) is 3.47. The number of aliphatic hydroxyl groups is 1. The highest BCUT2D eigenvalue weighted by molar-refractivity contribution is 5.42. The van der Waals surface area contributed by atoms with Gasteiger partial charge in [0.25, 0.3) is 0 Å². The highest BCUT2D eigenvalue weighted by Crippen LogP contribution is 2.12. The summed E-state index contributed by atoms with van der Waals surface area (Å²) in [6, 6.07) is 8.83. The van der Waals surface area contributed by atoms with Crippen molar-refractivity contribution in [3.05, 3.63) is 35.4 Å². The lowest BCUT2D eigenvalue weighted by atomic mass is 10.00. The Labute approximate surface area is 130 Å². The van der Waals surface area contributed by atoms with Gasteiger partial charge in [-0.3, -0.25) is 0 Å². The van der Waals surface area contributed by atoms with Crippen molar-refractivity contribution in [2.45, 2.75) is 58.6 Å². The highest BCUT2D eigenvalue weighted by Gasteiger charge is 2.12. The van der Waals surface area contributed by atoms with E-state index in [0.29, 0.717) is 12.5 Å². The van der Waals surface area contributed by atoms with Gasteiger partial charge in [-0.15, -0.1) is 0 Å². The maximum absolute atomic E-state index is 10.0. The maximum Gasteiger partial charge on any atom is 0.122 e. The van der Waals surface area contributed by atoms with Crippen molar-refractivity contribution in [3.63, 3.8) is 0 Å². The molecule has 1 N–H and O–H groups in total. The van der Waals surface area contributed by atoms with Crippen LogP contribution in [-0.2, 0) is 6.42 Å². The van der Waals surface area contributed by atoms with Crippen molar-refractivity contribution < 1.29 is 5.11 Å². The van der Waals surface area contributed by atoms with E-state index >= 15 is 0 Å². The molecule has 0 spiro atoms. The molecule has 0 saturated heterocycles. The Morgan fingerprint density at radius 2 is 1.95 bits per heavy atom. The third kappa shape index (κ3) is 6.33. The lowest BCUT2D eigenvalue weighted by Gasteiger charge is -2.20. The minimum Gasteiger partial charge on any atom is -0.378 e. The summed E-state index contributed by atoms with van der Waals surface area (Å²) in [5, 5.41) is 10.0. The molecule has 0 saturated carbocycles. The fourth-order valence-corrected chi connectivity index (χ4v) is 1.93. The van der Waals surface area contributed by atoms with Gasteiger partial charge >= 0.3 is 0 Å².